The van der Waals surface area contributed by atoms with Crippen LogP contribution in [0.15, 0.2) is 18.2 Å². The fourth-order valence-corrected chi connectivity index (χ4v) is 3.03. The summed E-state index contributed by atoms with van der Waals surface area (Å²) in [5.74, 6) is 0.590. The van der Waals surface area contributed by atoms with E-state index in [9.17, 15) is 10.1 Å². The van der Waals surface area contributed by atoms with E-state index in [4.69, 9.17) is 11.6 Å². The summed E-state index contributed by atoms with van der Waals surface area (Å²) in [6.07, 6.45) is 2.74. The summed E-state index contributed by atoms with van der Waals surface area (Å²) >= 11 is 7.18. The Bertz CT molecular complexity index is 506. The van der Waals surface area contributed by atoms with Gasteiger partial charge in [-0.05, 0) is 7.05 Å². The maximum Gasteiger partial charge on any atom is 0.274 e. The van der Waals surface area contributed by atoms with E-state index in [-0.39, 0.29) is 0 Å². The van der Waals surface area contributed by atoms with Crippen molar-refractivity contribution < 1.29 is 4.92 Å². The van der Waals surface area contributed by atoms with E-state index >= 15 is 0 Å². The molecule has 0 saturated carbocycles. The molecule has 0 N–H and O–H groups in total. The first-order valence-electron chi connectivity index (χ1n) is 5.56. The average Bonchev–Trinajstić information content (AvgIpc) is 2.69. The SMILES string of the molecule is CN1CN(C)/C(=C\[N+](=O)[O-])N(Cc2cnc(Cl)s2)C1. The van der Waals surface area contributed by atoms with Gasteiger partial charge in [-0.3, -0.25) is 15.0 Å². The minimum Gasteiger partial charge on any atom is -0.343 e. The van der Waals surface area contributed by atoms with Crippen molar-refractivity contribution in [3.8, 4) is 0 Å². The zero-order chi connectivity index (χ0) is 14.0. The predicted molar refractivity (Wildman–Crippen MR) is 73.0 cm³/mol. The summed E-state index contributed by atoms with van der Waals surface area (Å²) in [6.45, 7) is 1.83. The van der Waals surface area contributed by atoms with Crippen LogP contribution in [0.25, 0.3) is 0 Å². The van der Waals surface area contributed by atoms with Gasteiger partial charge in [0.2, 0.25) is 0 Å². The zero-order valence-electron chi connectivity index (χ0n) is 10.6. The van der Waals surface area contributed by atoms with Crippen LogP contribution in [0.2, 0.25) is 4.47 Å². The molecule has 0 radical (unpaired) electrons. The molecule has 1 aliphatic rings. The molecule has 1 fully saturated rings. The Morgan fingerprint density at radius 3 is 2.89 bits per heavy atom. The van der Waals surface area contributed by atoms with E-state index in [1.54, 1.807) is 6.20 Å². The fourth-order valence-electron chi connectivity index (χ4n) is 2.03. The van der Waals surface area contributed by atoms with Gasteiger partial charge in [-0.1, -0.05) is 11.6 Å². The second-order valence-corrected chi connectivity index (χ2v) is 6.08. The maximum absolute atomic E-state index is 10.7. The summed E-state index contributed by atoms with van der Waals surface area (Å²) in [5, 5.41) is 10.7. The first-order chi connectivity index (χ1) is 8.95. The summed E-state index contributed by atoms with van der Waals surface area (Å²) < 4.78 is 0.480. The minimum atomic E-state index is -0.427. The van der Waals surface area contributed by atoms with Gasteiger partial charge in [0, 0.05) is 18.1 Å². The third-order valence-corrected chi connectivity index (χ3v) is 3.77. The van der Waals surface area contributed by atoms with E-state index in [0.29, 0.717) is 30.2 Å². The van der Waals surface area contributed by atoms with E-state index in [1.165, 1.54) is 11.3 Å². The first kappa shape index (κ1) is 14.0. The van der Waals surface area contributed by atoms with Crippen LogP contribution in [0.4, 0.5) is 0 Å². The van der Waals surface area contributed by atoms with Gasteiger partial charge in [-0.15, -0.1) is 11.3 Å². The van der Waals surface area contributed by atoms with Crippen LogP contribution < -0.4 is 0 Å². The molecule has 0 bridgehead atoms. The standard InChI is InChI=1S/C10H14ClN5O2S/c1-13-6-14(2)9(5-16(17)18)15(7-13)4-8-3-12-10(11)19-8/h3,5H,4,6-7H2,1-2H3/b9-5+. The van der Waals surface area contributed by atoms with Crippen LogP contribution in [0.3, 0.4) is 0 Å². The van der Waals surface area contributed by atoms with E-state index in [0.717, 1.165) is 11.1 Å². The second kappa shape index (κ2) is 5.72. The predicted octanol–water partition coefficient (Wildman–Crippen LogP) is 1.47. The number of halogens is 1. The number of thiazole rings is 1. The van der Waals surface area contributed by atoms with Gasteiger partial charge >= 0.3 is 0 Å². The number of rotatable bonds is 3. The highest BCUT2D eigenvalue weighted by Gasteiger charge is 2.25. The Hall–Kier alpha value is -1.38. The molecule has 2 heterocycles. The second-order valence-electron chi connectivity index (χ2n) is 4.39. The third-order valence-electron chi connectivity index (χ3n) is 2.67. The lowest BCUT2D eigenvalue weighted by atomic mass is 10.4. The monoisotopic (exact) mass is 303 g/mol. The molecule has 1 aromatic rings. The Morgan fingerprint density at radius 1 is 1.58 bits per heavy atom. The molecule has 0 spiro atoms. The third kappa shape index (κ3) is 3.55. The molecule has 19 heavy (non-hydrogen) atoms. The van der Waals surface area contributed by atoms with Gasteiger partial charge in [0.05, 0.1) is 24.8 Å². The molecule has 0 atom stereocenters. The van der Waals surface area contributed by atoms with E-state index < -0.39 is 4.92 Å². The van der Waals surface area contributed by atoms with Crippen molar-refractivity contribution in [1.29, 1.82) is 0 Å². The Kier molecular flexibility index (Phi) is 4.23. The van der Waals surface area contributed by atoms with Crippen LogP contribution >= 0.6 is 22.9 Å². The molecule has 9 heteroatoms. The van der Waals surface area contributed by atoms with E-state index in [2.05, 4.69) is 9.88 Å². The van der Waals surface area contributed by atoms with Gasteiger partial charge in [-0.2, -0.15) is 0 Å². The van der Waals surface area contributed by atoms with Crippen molar-refractivity contribution in [3.63, 3.8) is 0 Å². The van der Waals surface area contributed by atoms with Gasteiger partial charge in [0.15, 0.2) is 10.3 Å². The quantitative estimate of drug-likeness (QED) is 0.622. The van der Waals surface area contributed by atoms with Crippen LogP contribution in [0, 0.1) is 10.1 Å². The lowest BCUT2D eigenvalue weighted by Gasteiger charge is -2.41. The topological polar surface area (TPSA) is 65.8 Å². The Balaban J connectivity index is 2.20. The van der Waals surface area contributed by atoms with Crippen LogP contribution in [0.1, 0.15) is 4.88 Å². The normalized spacial score (nSPS) is 19.2. The van der Waals surface area contributed by atoms with Gasteiger partial charge in [0.1, 0.15) is 0 Å². The van der Waals surface area contributed by atoms with Gasteiger partial charge in [-0.25, -0.2) is 4.98 Å². The largest absolute Gasteiger partial charge is 0.343 e. The molecule has 0 amide bonds. The van der Waals surface area contributed by atoms with Crippen LogP contribution in [-0.2, 0) is 6.54 Å². The Morgan fingerprint density at radius 2 is 2.32 bits per heavy atom. The number of hydrogen-bond donors (Lipinski definition) is 0. The molecule has 0 unspecified atom stereocenters. The fraction of sp³-hybridized carbons (Fsp3) is 0.500. The molecule has 1 saturated heterocycles. The molecule has 7 nitrogen and oxygen atoms in total. The molecule has 1 aromatic heterocycles. The lowest BCUT2D eigenvalue weighted by Crippen LogP contribution is -2.50. The van der Waals surface area contributed by atoms with Crippen molar-refractivity contribution in [2.45, 2.75) is 6.54 Å². The van der Waals surface area contributed by atoms with Crippen molar-refractivity contribution in [2.24, 2.45) is 0 Å². The molecule has 1 aliphatic heterocycles. The van der Waals surface area contributed by atoms with E-state index in [1.807, 2.05) is 23.9 Å². The summed E-state index contributed by atoms with van der Waals surface area (Å²) in [6, 6.07) is 0. The number of nitro groups is 1. The van der Waals surface area contributed by atoms with Crippen molar-refractivity contribution >= 4 is 22.9 Å². The van der Waals surface area contributed by atoms with Crippen LogP contribution in [0.5, 0.6) is 0 Å². The highest BCUT2D eigenvalue weighted by Crippen LogP contribution is 2.23. The Labute approximate surface area is 119 Å². The first-order valence-corrected chi connectivity index (χ1v) is 6.75. The number of hydrogen-bond acceptors (Lipinski definition) is 7. The van der Waals surface area contributed by atoms with Crippen LogP contribution in [-0.4, -0.2) is 52.0 Å². The highest BCUT2D eigenvalue weighted by molar-refractivity contribution is 7.15. The maximum atomic E-state index is 10.7. The summed E-state index contributed by atoms with van der Waals surface area (Å²) in [5.41, 5.74) is 0. The molecule has 2 rings (SSSR count). The molecule has 0 aliphatic carbocycles. The summed E-state index contributed by atoms with van der Waals surface area (Å²) in [7, 11) is 3.80. The van der Waals surface area contributed by atoms with Gasteiger partial charge < -0.3 is 9.80 Å². The average molecular weight is 304 g/mol. The molecular formula is C10H14ClN5O2S. The highest BCUT2D eigenvalue weighted by atomic mass is 35.5. The smallest absolute Gasteiger partial charge is 0.274 e. The van der Waals surface area contributed by atoms with Crippen molar-refractivity contribution in [2.75, 3.05) is 27.4 Å². The molecular weight excluding hydrogens is 290 g/mol. The number of nitrogens with zero attached hydrogens (tertiary/aromatic N) is 5. The number of aromatic nitrogens is 1. The van der Waals surface area contributed by atoms with Gasteiger partial charge in [0.25, 0.3) is 6.20 Å². The minimum absolute atomic E-state index is 0.427. The van der Waals surface area contributed by atoms with Crippen molar-refractivity contribution in [1.82, 2.24) is 19.7 Å². The lowest BCUT2D eigenvalue weighted by molar-refractivity contribution is -0.406. The summed E-state index contributed by atoms with van der Waals surface area (Å²) in [4.78, 5) is 21.1. The zero-order valence-corrected chi connectivity index (χ0v) is 12.2. The molecule has 0 aromatic carbocycles. The van der Waals surface area contributed by atoms with Crippen molar-refractivity contribution in [3.05, 3.63) is 37.7 Å². The molecule has 104 valence electrons.